The smallest absolute Gasteiger partial charge is 0.109 e. The summed E-state index contributed by atoms with van der Waals surface area (Å²) in [5.74, 6) is 2.31. The van der Waals surface area contributed by atoms with Crippen LogP contribution in [0.5, 0.6) is 0 Å². The van der Waals surface area contributed by atoms with Crippen molar-refractivity contribution in [3.8, 4) is 11.3 Å². The molecule has 3 heteroatoms. The Morgan fingerprint density at radius 3 is 2.55 bits per heavy atom. The minimum atomic E-state index is 0.365. The number of benzene rings is 1. The summed E-state index contributed by atoms with van der Waals surface area (Å²) in [4.78, 5) is 7.95. The van der Waals surface area contributed by atoms with Crippen LogP contribution in [0.15, 0.2) is 30.5 Å². The van der Waals surface area contributed by atoms with E-state index in [0.29, 0.717) is 17.9 Å². The molecule has 0 radical (unpaired) electrons. The quantitative estimate of drug-likeness (QED) is 0.892. The van der Waals surface area contributed by atoms with E-state index < -0.39 is 0 Å². The number of nitrogens with zero attached hydrogens (tertiary/aromatic N) is 1. The Kier molecular flexibility index (Phi) is 3.62. The van der Waals surface area contributed by atoms with E-state index in [-0.39, 0.29) is 0 Å². The van der Waals surface area contributed by atoms with Gasteiger partial charge in [0.05, 0.1) is 11.9 Å². The summed E-state index contributed by atoms with van der Waals surface area (Å²) < 4.78 is 0. The zero-order valence-electron chi connectivity index (χ0n) is 12.3. The molecule has 1 aliphatic carbocycles. The topological polar surface area (TPSA) is 54.7 Å². The number of hydrogen-bond donors (Lipinski definition) is 2. The number of H-pyrrole nitrogens is 1. The molecule has 1 saturated carbocycles. The van der Waals surface area contributed by atoms with Crippen molar-refractivity contribution in [3.05, 3.63) is 41.9 Å². The van der Waals surface area contributed by atoms with Crippen molar-refractivity contribution in [3.63, 3.8) is 0 Å². The number of imidazole rings is 1. The molecule has 0 amide bonds. The number of nitrogens with one attached hydrogen (secondary N) is 1. The number of hydrogen-bond acceptors (Lipinski definition) is 2. The lowest BCUT2D eigenvalue weighted by Gasteiger charge is -2.30. The van der Waals surface area contributed by atoms with Gasteiger partial charge >= 0.3 is 0 Å². The maximum absolute atomic E-state index is 5.84. The van der Waals surface area contributed by atoms with Crippen molar-refractivity contribution in [1.82, 2.24) is 9.97 Å². The number of aromatic nitrogens is 2. The van der Waals surface area contributed by atoms with E-state index in [2.05, 4.69) is 48.1 Å². The van der Waals surface area contributed by atoms with Crippen LogP contribution in [0.2, 0.25) is 0 Å². The van der Waals surface area contributed by atoms with Gasteiger partial charge in [-0.1, -0.05) is 38.1 Å². The van der Waals surface area contributed by atoms with Gasteiger partial charge in [0.25, 0.3) is 0 Å². The highest BCUT2D eigenvalue weighted by Crippen LogP contribution is 2.34. The Morgan fingerprint density at radius 2 is 1.95 bits per heavy atom. The Morgan fingerprint density at radius 1 is 1.25 bits per heavy atom. The van der Waals surface area contributed by atoms with Crippen molar-refractivity contribution >= 4 is 0 Å². The van der Waals surface area contributed by atoms with Gasteiger partial charge in [0.15, 0.2) is 0 Å². The lowest BCUT2D eigenvalue weighted by Crippen LogP contribution is -2.35. The highest BCUT2D eigenvalue weighted by Gasteiger charge is 2.29. The summed E-state index contributed by atoms with van der Waals surface area (Å²) in [5, 5.41) is 0. The third-order valence-corrected chi connectivity index (χ3v) is 4.07. The molecular formula is C17H23N3. The zero-order chi connectivity index (χ0) is 14.1. The van der Waals surface area contributed by atoms with Crippen LogP contribution in [0.25, 0.3) is 11.3 Å². The second kappa shape index (κ2) is 5.41. The Labute approximate surface area is 120 Å². The summed E-state index contributed by atoms with van der Waals surface area (Å²) in [5.41, 5.74) is 9.55. The molecule has 0 unspecified atom stereocenters. The van der Waals surface area contributed by atoms with Gasteiger partial charge in [-0.25, -0.2) is 4.98 Å². The third kappa shape index (κ3) is 2.78. The van der Waals surface area contributed by atoms with Gasteiger partial charge in [0.1, 0.15) is 5.82 Å². The lowest BCUT2D eigenvalue weighted by molar-refractivity contribution is 0.340. The fourth-order valence-electron chi connectivity index (χ4n) is 2.87. The number of rotatable bonds is 4. The average Bonchev–Trinajstić information content (AvgIpc) is 2.84. The van der Waals surface area contributed by atoms with Gasteiger partial charge in [-0.15, -0.1) is 0 Å². The Balaban J connectivity index is 1.72. The largest absolute Gasteiger partial charge is 0.342 e. The molecule has 0 bridgehead atoms. The molecule has 1 heterocycles. The van der Waals surface area contributed by atoms with Gasteiger partial charge in [-0.2, -0.15) is 0 Å². The van der Waals surface area contributed by atoms with E-state index in [1.807, 2.05) is 6.20 Å². The summed E-state index contributed by atoms with van der Waals surface area (Å²) in [6.07, 6.45) is 5.19. The molecule has 3 nitrogen and oxygen atoms in total. The molecule has 1 fully saturated rings. The predicted molar refractivity (Wildman–Crippen MR) is 82.5 cm³/mol. The van der Waals surface area contributed by atoms with E-state index in [0.717, 1.165) is 30.8 Å². The van der Waals surface area contributed by atoms with Gasteiger partial charge < -0.3 is 10.7 Å². The lowest BCUT2D eigenvalue weighted by atomic mass is 9.80. The Bertz CT molecular complexity index is 562. The SMILES string of the molecule is CC(C)Cc1ccc(-c2cnc(C3CC(N)C3)[nH]2)cc1. The van der Waals surface area contributed by atoms with Crippen LogP contribution in [-0.4, -0.2) is 16.0 Å². The fraction of sp³-hybridized carbons (Fsp3) is 0.471. The van der Waals surface area contributed by atoms with Crippen LogP contribution in [0, 0.1) is 5.92 Å². The van der Waals surface area contributed by atoms with E-state index in [1.165, 1.54) is 11.1 Å². The van der Waals surface area contributed by atoms with Crippen molar-refractivity contribution < 1.29 is 0 Å². The molecule has 106 valence electrons. The molecule has 0 atom stereocenters. The normalized spacial score (nSPS) is 22.0. The molecule has 1 aromatic carbocycles. The first kappa shape index (κ1) is 13.4. The monoisotopic (exact) mass is 269 g/mol. The first-order chi connectivity index (χ1) is 9.61. The highest BCUT2D eigenvalue weighted by atomic mass is 14.9. The van der Waals surface area contributed by atoms with E-state index in [9.17, 15) is 0 Å². The zero-order valence-corrected chi connectivity index (χ0v) is 12.3. The Hall–Kier alpha value is -1.61. The second-order valence-corrected chi connectivity index (χ2v) is 6.41. The first-order valence-electron chi connectivity index (χ1n) is 7.51. The third-order valence-electron chi connectivity index (χ3n) is 4.07. The van der Waals surface area contributed by atoms with Crippen LogP contribution in [0.4, 0.5) is 0 Å². The first-order valence-corrected chi connectivity index (χ1v) is 7.51. The van der Waals surface area contributed by atoms with Gasteiger partial charge in [-0.3, -0.25) is 0 Å². The number of nitrogens with two attached hydrogens (primary N) is 1. The molecule has 20 heavy (non-hydrogen) atoms. The summed E-state index contributed by atoms with van der Waals surface area (Å²) in [7, 11) is 0. The van der Waals surface area contributed by atoms with Gasteiger partial charge in [-0.05, 0) is 36.3 Å². The molecular weight excluding hydrogens is 246 g/mol. The summed E-state index contributed by atoms with van der Waals surface area (Å²) >= 11 is 0. The van der Waals surface area contributed by atoms with E-state index >= 15 is 0 Å². The van der Waals surface area contributed by atoms with Gasteiger partial charge in [0, 0.05) is 12.0 Å². The van der Waals surface area contributed by atoms with Crippen molar-refractivity contribution in [1.29, 1.82) is 0 Å². The minimum Gasteiger partial charge on any atom is -0.342 e. The molecule has 2 aromatic rings. The summed E-state index contributed by atoms with van der Waals surface area (Å²) in [6, 6.07) is 9.16. The maximum atomic E-state index is 5.84. The minimum absolute atomic E-state index is 0.365. The van der Waals surface area contributed by atoms with Crippen LogP contribution >= 0.6 is 0 Å². The van der Waals surface area contributed by atoms with Crippen molar-refractivity contribution in [2.24, 2.45) is 11.7 Å². The van der Waals surface area contributed by atoms with Crippen LogP contribution in [0.3, 0.4) is 0 Å². The van der Waals surface area contributed by atoms with Gasteiger partial charge in [0.2, 0.25) is 0 Å². The molecule has 0 spiro atoms. The molecule has 1 aromatic heterocycles. The highest BCUT2D eigenvalue weighted by molar-refractivity contribution is 5.59. The fourth-order valence-corrected chi connectivity index (χ4v) is 2.87. The maximum Gasteiger partial charge on any atom is 0.109 e. The van der Waals surface area contributed by atoms with E-state index in [1.54, 1.807) is 0 Å². The predicted octanol–water partition coefficient (Wildman–Crippen LogP) is 3.48. The van der Waals surface area contributed by atoms with Crippen LogP contribution in [0.1, 0.15) is 44.0 Å². The standard InChI is InChI=1S/C17H23N3/c1-11(2)7-12-3-5-13(6-4-12)16-10-19-17(20-16)14-8-15(18)9-14/h3-6,10-11,14-15H,7-9,18H2,1-2H3,(H,19,20). The second-order valence-electron chi connectivity index (χ2n) is 6.41. The molecule has 1 aliphatic rings. The van der Waals surface area contributed by atoms with Crippen LogP contribution in [-0.2, 0) is 6.42 Å². The van der Waals surface area contributed by atoms with E-state index in [4.69, 9.17) is 5.73 Å². The summed E-state index contributed by atoms with van der Waals surface area (Å²) in [6.45, 7) is 4.50. The molecule has 3 rings (SSSR count). The van der Waals surface area contributed by atoms with Crippen molar-refractivity contribution in [2.75, 3.05) is 0 Å². The number of aromatic amines is 1. The molecule has 3 N–H and O–H groups in total. The van der Waals surface area contributed by atoms with Crippen LogP contribution < -0.4 is 5.73 Å². The molecule has 0 saturated heterocycles. The molecule has 0 aliphatic heterocycles. The average molecular weight is 269 g/mol. The van der Waals surface area contributed by atoms with Crippen molar-refractivity contribution in [2.45, 2.75) is 45.1 Å².